The molecule has 2 N–H and O–H groups in total. The molecule has 0 saturated carbocycles. The van der Waals surface area contributed by atoms with Crippen LogP contribution in [0.25, 0.3) is 11.0 Å². The number of hydrogen-bond acceptors (Lipinski definition) is 6. The highest BCUT2D eigenvalue weighted by atomic mass is 19.3. The lowest BCUT2D eigenvalue weighted by Crippen LogP contribution is -2.47. The highest BCUT2D eigenvalue weighted by Crippen LogP contribution is 2.34. The molecule has 202 valence electrons. The highest BCUT2D eigenvalue weighted by molar-refractivity contribution is 6.06. The maximum Gasteiger partial charge on any atom is 0.272 e. The second-order valence-electron chi connectivity index (χ2n) is 9.09. The van der Waals surface area contributed by atoms with Crippen LogP contribution in [0.2, 0.25) is 0 Å². The number of pyridine rings is 1. The van der Waals surface area contributed by atoms with Gasteiger partial charge in [0.25, 0.3) is 17.7 Å². The number of ether oxygens (including phenoxy) is 1. The topological polar surface area (TPSA) is 115 Å². The van der Waals surface area contributed by atoms with Crippen LogP contribution in [-0.2, 0) is 23.2 Å². The number of amides is 3. The first-order valence-corrected chi connectivity index (χ1v) is 12.7. The van der Waals surface area contributed by atoms with Crippen molar-refractivity contribution in [2.45, 2.75) is 39.2 Å². The minimum Gasteiger partial charge on any atom is -0.489 e. The zero-order valence-corrected chi connectivity index (χ0v) is 21.8. The van der Waals surface area contributed by atoms with E-state index in [1.165, 1.54) is 4.90 Å². The average Bonchev–Trinajstić information content (AvgIpc) is 3.19. The molecule has 4 rings (SSSR count). The molecular formula is C27H32FN5O5. The molecule has 1 fully saturated rings. The lowest BCUT2D eigenvalue weighted by atomic mass is 10.0. The van der Waals surface area contributed by atoms with Gasteiger partial charge in [-0.25, -0.2) is 4.98 Å². The summed E-state index contributed by atoms with van der Waals surface area (Å²) in [6.07, 6.45) is 1.69. The van der Waals surface area contributed by atoms with Crippen LogP contribution in [0.3, 0.4) is 0 Å². The number of carbonyl (C=O) groups is 3. The monoisotopic (exact) mass is 525 g/mol. The summed E-state index contributed by atoms with van der Waals surface area (Å²) in [4.78, 5) is 47.9. The van der Waals surface area contributed by atoms with Crippen LogP contribution >= 0.6 is 0 Å². The SMILES string of the molecule is CCOc1c(C(=O)NC2CCN(C(=O)COF)CC2)n(C)c2cc(CC)c(NC(=O)c3ccccc3)nc12. The predicted octanol–water partition coefficient (Wildman–Crippen LogP) is 3.41. The smallest absolute Gasteiger partial charge is 0.272 e. The summed E-state index contributed by atoms with van der Waals surface area (Å²) >= 11 is 0. The minimum atomic E-state index is -0.606. The molecule has 2 aromatic heterocycles. The number of carbonyl (C=O) groups excluding carboxylic acids is 3. The fraction of sp³-hybridized carbons (Fsp3) is 0.407. The van der Waals surface area contributed by atoms with E-state index in [-0.39, 0.29) is 17.9 Å². The van der Waals surface area contributed by atoms with Crippen LogP contribution in [0.4, 0.5) is 10.3 Å². The molecular weight excluding hydrogens is 493 g/mol. The van der Waals surface area contributed by atoms with Gasteiger partial charge in [0.15, 0.2) is 18.1 Å². The van der Waals surface area contributed by atoms with Gasteiger partial charge in [0.2, 0.25) is 0 Å². The van der Waals surface area contributed by atoms with E-state index in [1.54, 1.807) is 35.9 Å². The van der Waals surface area contributed by atoms with Gasteiger partial charge in [-0.1, -0.05) is 25.1 Å². The number of rotatable bonds is 9. The van der Waals surface area contributed by atoms with Crippen molar-refractivity contribution in [3.63, 3.8) is 0 Å². The summed E-state index contributed by atoms with van der Waals surface area (Å²) in [5, 5.41) is 5.95. The number of aryl methyl sites for hydroxylation is 2. The van der Waals surface area contributed by atoms with Crippen LogP contribution in [0.5, 0.6) is 5.75 Å². The van der Waals surface area contributed by atoms with Crippen molar-refractivity contribution in [3.8, 4) is 5.75 Å². The Kier molecular flexibility index (Phi) is 8.57. The number of anilines is 1. The third kappa shape index (κ3) is 5.62. The lowest BCUT2D eigenvalue weighted by molar-refractivity contribution is -0.165. The third-order valence-electron chi connectivity index (χ3n) is 6.72. The molecule has 0 aliphatic carbocycles. The first-order valence-electron chi connectivity index (χ1n) is 12.7. The van der Waals surface area contributed by atoms with Gasteiger partial charge in [0, 0.05) is 31.7 Å². The second-order valence-corrected chi connectivity index (χ2v) is 9.09. The number of likely N-dealkylation sites (tertiary alicyclic amines) is 1. The minimum absolute atomic E-state index is 0.162. The Balaban J connectivity index is 1.61. The van der Waals surface area contributed by atoms with Crippen LogP contribution in [0, 0.1) is 0 Å². The Morgan fingerprint density at radius 1 is 1.11 bits per heavy atom. The molecule has 0 radical (unpaired) electrons. The summed E-state index contributed by atoms with van der Waals surface area (Å²) in [6.45, 7) is 4.30. The second kappa shape index (κ2) is 12.0. The summed E-state index contributed by atoms with van der Waals surface area (Å²) in [6, 6.07) is 10.6. The molecule has 11 heteroatoms. The molecule has 3 amide bonds. The molecule has 0 spiro atoms. The van der Waals surface area contributed by atoms with E-state index in [4.69, 9.17) is 9.72 Å². The number of piperidine rings is 1. The van der Waals surface area contributed by atoms with Crippen molar-refractivity contribution >= 4 is 34.6 Å². The third-order valence-corrected chi connectivity index (χ3v) is 6.72. The predicted molar refractivity (Wildman–Crippen MR) is 140 cm³/mol. The quantitative estimate of drug-likeness (QED) is 0.443. The number of nitrogens with zero attached hydrogens (tertiary/aromatic N) is 3. The number of nitrogens with one attached hydrogen (secondary N) is 2. The van der Waals surface area contributed by atoms with Gasteiger partial charge < -0.3 is 24.8 Å². The first kappa shape index (κ1) is 27.1. The van der Waals surface area contributed by atoms with Gasteiger partial charge in [-0.05, 0) is 54.5 Å². The fourth-order valence-electron chi connectivity index (χ4n) is 4.70. The van der Waals surface area contributed by atoms with Crippen molar-refractivity contribution in [3.05, 3.63) is 53.2 Å². The Labute approximate surface area is 220 Å². The van der Waals surface area contributed by atoms with E-state index in [2.05, 4.69) is 15.6 Å². The molecule has 10 nitrogen and oxygen atoms in total. The van der Waals surface area contributed by atoms with Gasteiger partial charge >= 0.3 is 0 Å². The first-order chi connectivity index (χ1) is 18.4. The maximum atomic E-state index is 13.5. The van der Waals surface area contributed by atoms with Crippen molar-refractivity contribution in [1.29, 1.82) is 0 Å². The zero-order valence-electron chi connectivity index (χ0n) is 21.8. The molecule has 1 aliphatic rings. The zero-order chi connectivity index (χ0) is 27.2. The summed E-state index contributed by atoms with van der Waals surface area (Å²) in [5.74, 6) is -0.257. The van der Waals surface area contributed by atoms with E-state index < -0.39 is 12.5 Å². The van der Waals surface area contributed by atoms with Gasteiger partial charge in [-0.2, -0.15) is 4.94 Å². The van der Waals surface area contributed by atoms with Gasteiger partial charge in [-0.15, -0.1) is 0 Å². The van der Waals surface area contributed by atoms with E-state index in [9.17, 15) is 18.9 Å². The molecule has 1 saturated heterocycles. The van der Waals surface area contributed by atoms with Crippen LogP contribution in [0.15, 0.2) is 36.4 Å². The van der Waals surface area contributed by atoms with Crippen LogP contribution < -0.4 is 15.4 Å². The Hall–Kier alpha value is -3.99. The number of aromatic nitrogens is 2. The summed E-state index contributed by atoms with van der Waals surface area (Å²) in [5.41, 5.74) is 2.85. The summed E-state index contributed by atoms with van der Waals surface area (Å²) in [7, 11) is 1.78. The van der Waals surface area contributed by atoms with Crippen LogP contribution in [-0.4, -0.2) is 64.5 Å². The van der Waals surface area contributed by atoms with E-state index in [0.717, 1.165) is 5.56 Å². The molecule has 0 bridgehead atoms. The molecule has 0 atom stereocenters. The maximum absolute atomic E-state index is 13.5. The van der Waals surface area contributed by atoms with E-state index >= 15 is 0 Å². The number of hydrogen-bond donors (Lipinski definition) is 2. The van der Waals surface area contributed by atoms with Crippen molar-refractivity contribution in [2.24, 2.45) is 7.05 Å². The molecule has 38 heavy (non-hydrogen) atoms. The molecule has 3 aromatic rings. The number of halogens is 1. The van der Waals surface area contributed by atoms with Crippen molar-refractivity contribution in [2.75, 3.05) is 31.6 Å². The Bertz CT molecular complexity index is 1320. The highest BCUT2D eigenvalue weighted by Gasteiger charge is 2.29. The molecule has 3 heterocycles. The Morgan fingerprint density at radius 3 is 2.45 bits per heavy atom. The Morgan fingerprint density at radius 2 is 1.82 bits per heavy atom. The average molecular weight is 526 g/mol. The van der Waals surface area contributed by atoms with Crippen LogP contribution in [0.1, 0.15) is 53.1 Å². The number of fused-ring (bicyclic) bond motifs is 1. The van der Waals surface area contributed by atoms with Crippen molar-refractivity contribution in [1.82, 2.24) is 19.8 Å². The largest absolute Gasteiger partial charge is 0.489 e. The standard InChI is InChI=1S/C27H32FN5O5/c1-4-17-15-20-22(30-25(17)31-26(35)18-9-7-6-8-10-18)24(37-5-2)23(32(20)3)27(36)29-19-11-13-33(14-12-19)21(34)16-38-28/h6-10,15,19H,4-5,11-14,16H2,1-3H3,(H,29,36)(H,30,31,35). The van der Waals surface area contributed by atoms with E-state index in [0.29, 0.717) is 72.8 Å². The summed E-state index contributed by atoms with van der Waals surface area (Å²) < 4.78 is 19.7. The lowest BCUT2D eigenvalue weighted by Gasteiger charge is -2.32. The van der Waals surface area contributed by atoms with E-state index in [1.807, 2.05) is 26.0 Å². The fourth-order valence-corrected chi connectivity index (χ4v) is 4.70. The molecule has 1 aliphatic heterocycles. The van der Waals surface area contributed by atoms with Gasteiger partial charge in [-0.3, -0.25) is 14.4 Å². The van der Waals surface area contributed by atoms with Gasteiger partial charge in [0.1, 0.15) is 11.3 Å². The molecule has 0 unspecified atom stereocenters. The molecule has 1 aromatic carbocycles. The van der Waals surface area contributed by atoms with Gasteiger partial charge in [0.05, 0.1) is 12.1 Å². The number of benzene rings is 1. The van der Waals surface area contributed by atoms with Crippen molar-refractivity contribution < 1.29 is 28.6 Å². The normalized spacial score (nSPS) is 13.9.